The van der Waals surface area contributed by atoms with Crippen LogP contribution in [0.2, 0.25) is 5.02 Å². The second-order valence-corrected chi connectivity index (χ2v) is 7.65. The fourth-order valence-corrected chi connectivity index (χ4v) is 3.62. The molecule has 0 aliphatic heterocycles. The highest BCUT2D eigenvalue weighted by molar-refractivity contribution is 9.10. The topological polar surface area (TPSA) is 89.3 Å². The summed E-state index contributed by atoms with van der Waals surface area (Å²) in [7, 11) is -3.75. The monoisotopic (exact) mass is 368 g/mol. The molecule has 0 saturated carbocycles. The molecule has 0 saturated heterocycles. The molecule has 1 rings (SSSR count). The summed E-state index contributed by atoms with van der Waals surface area (Å²) in [4.78, 5) is 11.0. The minimum Gasteiger partial charge on any atom is -0.370 e. The third-order valence-electron chi connectivity index (χ3n) is 2.23. The number of carbonyl (C=O) groups is 1. The maximum atomic E-state index is 12.2. The molecule has 1 amide bonds. The lowest BCUT2D eigenvalue weighted by atomic mass is 10.0. The van der Waals surface area contributed by atoms with Gasteiger partial charge in [0.2, 0.25) is 15.9 Å². The van der Waals surface area contributed by atoms with Gasteiger partial charge in [-0.25, -0.2) is 13.1 Å². The third kappa shape index (κ3) is 4.76. The Bertz CT molecular complexity index is 602. The molecular formula is C11H14BrClN2O3S. The number of carbonyl (C=O) groups excluding carboxylic acids is 1. The van der Waals surface area contributed by atoms with Crippen LogP contribution in [0, 0.1) is 0 Å². The number of sulfonamides is 1. The molecule has 8 heteroatoms. The van der Waals surface area contributed by atoms with Crippen molar-refractivity contribution in [1.29, 1.82) is 0 Å². The molecule has 0 aromatic heterocycles. The average Bonchev–Trinajstić information content (AvgIpc) is 2.17. The fourth-order valence-electron chi connectivity index (χ4n) is 1.54. The van der Waals surface area contributed by atoms with Crippen LogP contribution >= 0.6 is 27.5 Å². The Kier molecular flexibility index (Phi) is 5.00. The third-order valence-corrected chi connectivity index (χ3v) is 5.14. The predicted octanol–water partition coefficient (Wildman–Crippen LogP) is 2.03. The molecule has 5 nitrogen and oxygen atoms in total. The molecule has 0 aliphatic rings. The summed E-state index contributed by atoms with van der Waals surface area (Å²) in [5.41, 5.74) is 4.12. The van der Waals surface area contributed by atoms with Gasteiger partial charge in [0.25, 0.3) is 0 Å². The summed E-state index contributed by atoms with van der Waals surface area (Å²) in [6.45, 7) is 3.17. The van der Waals surface area contributed by atoms with Crippen LogP contribution in [0.3, 0.4) is 0 Å². The summed E-state index contributed by atoms with van der Waals surface area (Å²) in [6, 6.07) is 4.25. The van der Waals surface area contributed by atoms with Crippen LogP contribution in [0.5, 0.6) is 0 Å². The zero-order valence-corrected chi connectivity index (χ0v) is 13.6. The molecule has 0 atom stereocenters. The van der Waals surface area contributed by atoms with E-state index in [1.54, 1.807) is 13.8 Å². The van der Waals surface area contributed by atoms with E-state index >= 15 is 0 Å². The number of primary amides is 1. The Morgan fingerprint density at radius 3 is 2.53 bits per heavy atom. The smallest absolute Gasteiger partial charge is 0.241 e. The number of nitrogens with two attached hydrogens (primary N) is 1. The molecule has 1 aromatic rings. The number of halogens is 2. The normalized spacial score (nSPS) is 12.4. The SMILES string of the molecule is CC(C)(CC(N)=O)NS(=O)(=O)c1ccc(Cl)c(Br)c1. The molecule has 0 spiro atoms. The van der Waals surface area contributed by atoms with Crippen molar-refractivity contribution in [2.75, 3.05) is 0 Å². The molecule has 0 radical (unpaired) electrons. The van der Waals surface area contributed by atoms with Gasteiger partial charge in [-0.2, -0.15) is 0 Å². The van der Waals surface area contributed by atoms with E-state index in [1.807, 2.05) is 0 Å². The first-order valence-corrected chi connectivity index (χ1v) is 7.96. The second-order valence-electron chi connectivity index (χ2n) is 4.71. The quantitative estimate of drug-likeness (QED) is 0.832. The van der Waals surface area contributed by atoms with Gasteiger partial charge < -0.3 is 5.73 Å². The molecule has 0 fully saturated rings. The van der Waals surface area contributed by atoms with Crippen molar-refractivity contribution in [2.24, 2.45) is 5.73 Å². The van der Waals surface area contributed by atoms with Crippen LogP contribution in [-0.4, -0.2) is 19.9 Å². The maximum absolute atomic E-state index is 12.2. The van der Waals surface area contributed by atoms with Gasteiger partial charge in [0, 0.05) is 16.4 Å². The molecule has 0 unspecified atom stereocenters. The van der Waals surface area contributed by atoms with Crippen molar-refractivity contribution >= 4 is 43.5 Å². The minimum atomic E-state index is -3.75. The Balaban J connectivity index is 3.04. The molecule has 0 bridgehead atoms. The van der Waals surface area contributed by atoms with Gasteiger partial charge in [-0.15, -0.1) is 0 Å². The van der Waals surface area contributed by atoms with E-state index in [2.05, 4.69) is 20.7 Å². The van der Waals surface area contributed by atoms with Crippen molar-refractivity contribution in [3.8, 4) is 0 Å². The molecule has 1 aromatic carbocycles. The summed E-state index contributed by atoms with van der Waals surface area (Å²) in [5, 5.41) is 0.412. The molecule has 106 valence electrons. The van der Waals surface area contributed by atoms with Crippen LogP contribution in [0.4, 0.5) is 0 Å². The van der Waals surface area contributed by atoms with Gasteiger partial charge in [0.1, 0.15) is 0 Å². The van der Waals surface area contributed by atoms with E-state index in [1.165, 1.54) is 18.2 Å². The van der Waals surface area contributed by atoms with E-state index in [4.69, 9.17) is 17.3 Å². The first-order valence-electron chi connectivity index (χ1n) is 5.31. The molecule has 3 N–H and O–H groups in total. The summed E-state index contributed by atoms with van der Waals surface area (Å²) in [5.74, 6) is -0.579. The second kappa shape index (κ2) is 5.78. The van der Waals surface area contributed by atoms with Crippen molar-refractivity contribution in [1.82, 2.24) is 4.72 Å². The zero-order chi connectivity index (χ0) is 14.8. The number of nitrogens with one attached hydrogen (secondary N) is 1. The highest BCUT2D eigenvalue weighted by atomic mass is 79.9. The Morgan fingerprint density at radius 1 is 1.47 bits per heavy atom. The van der Waals surface area contributed by atoms with Gasteiger partial charge in [-0.3, -0.25) is 4.79 Å². The Morgan fingerprint density at radius 2 is 2.05 bits per heavy atom. The highest BCUT2D eigenvalue weighted by Crippen LogP contribution is 2.26. The van der Waals surface area contributed by atoms with E-state index in [-0.39, 0.29) is 11.3 Å². The van der Waals surface area contributed by atoms with Gasteiger partial charge in [0.05, 0.1) is 9.92 Å². The van der Waals surface area contributed by atoms with Gasteiger partial charge in [-0.05, 0) is 48.0 Å². The van der Waals surface area contributed by atoms with Crippen LogP contribution in [0.1, 0.15) is 20.3 Å². The van der Waals surface area contributed by atoms with E-state index in [9.17, 15) is 13.2 Å². The number of amides is 1. The first-order chi connectivity index (χ1) is 8.53. The van der Waals surface area contributed by atoms with E-state index in [0.717, 1.165) is 0 Å². The van der Waals surface area contributed by atoms with Crippen LogP contribution in [0.15, 0.2) is 27.6 Å². The molecule has 0 heterocycles. The minimum absolute atomic E-state index is 0.0568. The largest absolute Gasteiger partial charge is 0.370 e. The van der Waals surface area contributed by atoms with Crippen LogP contribution in [-0.2, 0) is 14.8 Å². The summed E-state index contributed by atoms with van der Waals surface area (Å²) in [6.07, 6.45) is -0.0962. The van der Waals surface area contributed by atoms with Crippen molar-refractivity contribution in [3.05, 3.63) is 27.7 Å². The standard InChI is InChI=1S/C11H14BrClN2O3S/c1-11(2,6-10(14)16)15-19(17,18)7-3-4-9(13)8(12)5-7/h3-5,15H,6H2,1-2H3,(H2,14,16). The average molecular weight is 370 g/mol. The highest BCUT2D eigenvalue weighted by Gasteiger charge is 2.28. The molecule has 19 heavy (non-hydrogen) atoms. The lowest BCUT2D eigenvalue weighted by Gasteiger charge is -2.24. The first kappa shape index (κ1) is 16.4. The number of hydrogen-bond donors (Lipinski definition) is 2. The molecular weight excluding hydrogens is 356 g/mol. The van der Waals surface area contributed by atoms with Crippen LogP contribution < -0.4 is 10.5 Å². The number of benzene rings is 1. The van der Waals surface area contributed by atoms with Gasteiger partial charge >= 0.3 is 0 Å². The Hall–Kier alpha value is -0.630. The fraction of sp³-hybridized carbons (Fsp3) is 0.364. The van der Waals surface area contributed by atoms with Crippen molar-refractivity contribution < 1.29 is 13.2 Å². The van der Waals surface area contributed by atoms with Gasteiger partial charge in [0.15, 0.2) is 0 Å². The maximum Gasteiger partial charge on any atom is 0.241 e. The van der Waals surface area contributed by atoms with Crippen LogP contribution in [0.25, 0.3) is 0 Å². The van der Waals surface area contributed by atoms with Crippen molar-refractivity contribution in [2.45, 2.75) is 30.7 Å². The zero-order valence-electron chi connectivity index (χ0n) is 10.4. The number of rotatable bonds is 5. The number of hydrogen-bond acceptors (Lipinski definition) is 3. The summed E-state index contributed by atoms with van der Waals surface area (Å²) >= 11 is 8.97. The van der Waals surface area contributed by atoms with Crippen molar-refractivity contribution in [3.63, 3.8) is 0 Å². The predicted molar refractivity (Wildman–Crippen MR) is 77.4 cm³/mol. The molecule has 0 aliphatic carbocycles. The lowest BCUT2D eigenvalue weighted by molar-refractivity contribution is -0.119. The Labute approximate surface area is 125 Å². The lowest BCUT2D eigenvalue weighted by Crippen LogP contribution is -2.45. The van der Waals surface area contributed by atoms with E-state index in [0.29, 0.717) is 9.50 Å². The van der Waals surface area contributed by atoms with Gasteiger partial charge in [-0.1, -0.05) is 11.6 Å². The summed E-state index contributed by atoms with van der Waals surface area (Å²) < 4.78 is 27.2. The van der Waals surface area contributed by atoms with E-state index < -0.39 is 21.5 Å².